The predicted octanol–water partition coefficient (Wildman–Crippen LogP) is 3.08. The van der Waals surface area contributed by atoms with Crippen molar-refractivity contribution < 1.29 is 27.5 Å². The Bertz CT molecular complexity index is 1190. The minimum Gasteiger partial charge on any atom is -0.486 e. The van der Waals surface area contributed by atoms with Gasteiger partial charge in [-0.15, -0.1) is 0 Å². The molecule has 2 aromatic rings. The van der Waals surface area contributed by atoms with E-state index in [0.717, 1.165) is 10.6 Å². The van der Waals surface area contributed by atoms with E-state index < -0.39 is 34.4 Å². The highest BCUT2D eigenvalue weighted by Crippen LogP contribution is 2.35. The zero-order chi connectivity index (χ0) is 25.8. The number of halogens is 2. The zero-order valence-corrected chi connectivity index (χ0v) is 21.9. The summed E-state index contributed by atoms with van der Waals surface area (Å²) in [6, 6.07) is 8.62. The summed E-state index contributed by atoms with van der Waals surface area (Å²) in [5.41, 5.74) is 0.678. The van der Waals surface area contributed by atoms with Crippen molar-refractivity contribution in [1.82, 2.24) is 10.2 Å². The zero-order valence-electron chi connectivity index (χ0n) is 19.6. The van der Waals surface area contributed by atoms with Crippen LogP contribution in [0.2, 0.25) is 10.0 Å². The second kappa shape index (κ2) is 11.4. The maximum Gasteiger partial charge on any atom is 0.244 e. The number of amides is 2. The number of likely N-dealkylation sites (N-methyl/N-ethyl adjacent to an activating group) is 1. The standard InChI is InChI=1S/C23H27Cl2N3O6S/c1-4-26-23(30)15(2)27(13-17-18(24)6-5-7-19(17)25)22(29)14-28(35(3,31)32)16-8-9-20-21(12-16)34-11-10-33-20/h5-9,12,15H,4,10-11,13-14H2,1-3H3,(H,26,30)/t15-/m0/s1. The Kier molecular flexibility index (Phi) is 8.74. The fraction of sp³-hybridized carbons (Fsp3) is 0.391. The Morgan fingerprint density at radius 2 is 1.71 bits per heavy atom. The maximum absolute atomic E-state index is 13.5. The fourth-order valence-corrected chi connectivity index (χ4v) is 4.92. The molecule has 9 nitrogen and oxygen atoms in total. The van der Waals surface area contributed by atoms with Gasteiger partial charge in [-0.05, 0) is 38.1 Å². The molecular formula is C23H27Cl2N3O6S. The summed E-state index contributed by atoms with van der Waals surface area (Å²) in [7, 11) is -3.88. The predicted molar refractivity (Wildman–Crippen MR) is 135 cm³/mol. The van der Waals surface area contributed by atoms with E-state index in [1.165, 1.54) is 17.0 Å². The molecule has 0 fully saturated rings. The number of fused-ring (bicyclic) bond motifs is 1. The Morgan fingerprint density at radius 3 is 2.31 bits per heavy atom. The number of nitrogens with one attached hydrogen (secondary N) is 1. The van der Waals surface area contributed by atoms with Crippen LogP contribution in [0.3, 0.4) is 0 Å². The van der Waals surface area contributed by atoms with Crippen LogP contribution in [-0.4, -0.2) is 63.7 Å². The highest BCUT2D eigenvalue weighted by molar-refractivity contribution is 7.92. The van der Waals surface area contributed by atoms with Crippen molar-refractivity contribution in [3.8, 4) is 11.5 Å². The van der Waals surface area contributed by atoms with Crippen molar-refractivity contribution in [3.63, 3.8) is 0 Å². The molecule has 35 heavy (non-hydrogen) atoms. The molecule has 0 saturated carbocycles. The molecule has 190 valence electrons. The number of carbonyl (C=O) groups excluding carboxylic acids is 2. The molecule has 3 rings (SSSR count). The van der Waals surface area contributed by atoms with Crippen LogP contribution in [0.1, 0.15) is 19.4 Å². The van der Waals surface area contributed by atoms with Crippen molar-refractivity contribution >= 4 is 50.7 Å². The SMILES string of the molecule is CCNC(=O)[C@H](C)N(Cc1c(Cl)cccc1Cl)C(=O)CN(c1ccc2c(c1)OCCO2)S(C)(=O)=O. The first-order valence-electron chi connectivity index (χ1n) is 10.9. The van der Waals surface area contributed by atoms with E-state index in [0.29, 0.717) is 46.9 Å². The van der Waals surface area contributed by atoms with Gasteiger partial charge in [0.2, 0.25) is 21.8 Å². The lowest BCUT2D eigenvalue weighted by molar-refractivity contribution is -0.139. The molecule has 1 N–H and O–H groups in total. The van der Waals surface area contributed by atoms with Crippen LogP contribution in [0.25, 0.3) is 0 Å². The highest BCUT2D eigenvalue weighted by Gasteiger charge is 2.31. The molecule has 12 heteroatoms. The van der Waals surface area contributed by atoms with E-state index in [1.807, 2.05) is 0 Å². The lowest BCUT2D eigenvalue weighted by atomic mass is 10.1. The van der Waals surface area contributed by atoms with Gasteiger partial charge in [0.25, 0.3) is 0 Å². The van der Waals surface area contributed by atoms with Crippen molar-refractivity contribution in [2.45, 2.75) is 26.4 Å². The van der Waals surface area contributed by atoms with Crippen LogP contribution in [-0.2, 0) is 26.2 Å². The summed E-state index contributed by atoms with van der Waals surface area (Å²) in [6.07, 6.45) is 1.000. The molecule has 2 aromatic carbocycles. The quantitative estimate of drug-likeness (QED) is 0.521. The first-order chi connectivity index (χ1) is 16.5. The number of rotatable bonds is 9. The lowest BCUT2D eigenvalue weighted by Crippen LogP contribution is -2.51. The molecule has 0 aromatic heterocycles. The molecule has 0 radical (unpaired) electrons. The van der Waals surface area contributed by atoms with Gasteiger partial charge in [0.1, 0.15) is 25.8 Å². The third kappa shape index (κ3) is 6.50. The Labute approximate surface area is 214 Å². The van der Waals surface area contributed by atoms with Gasteiger partial charge in [0.15, 0.2) is 11.5 Å². The van der Waals surface area contributed by atoms with Crippen LogP contribution in [0, 0.1) is 0 Å². The Hall–Kier alpha value is -2.69. The molecule has 1 aliphatic heterocycles. The second-order valence-electron chi connectivity index (χ2n) is 7.89. The molecule has 0 bridgehead atoms. The number of anilines is 1. The second-order valence-corrected chi connectivity index (χ2v) is 10.6. The molecule has 0 aliphatic carbocycles. The third-order valence-corrected chi connectivity index (χ3v) is 7.25. The van der Waals surface area contributed by atoms with Crippen LogP contribution in [0.5, 0.6) is 11.5 Å². The summed E-state index contributed by atoms with van der Waals surface area (Å²) in [5, 5.41) is 3.33. The van der Waals surface area contributed by atoms with Crippen molar-refractivity contribution in [2.24, 2.45) is 0 Å². The molecule has 0 spiro atoms. The van der Waals surface area contributed by atoms with E-state index in [1.54, 1.807) is 38.1 Å². The third-order valence-electron chi connectivity index (χ3n) is 5.40. The van der Waals surface area contributed by atoms with Gasteiger partial charge in [-0.25, -0.2) is 8.42 Å². The van der Waals surface area contributed by atoms with Crippen LogP contribution in [0.4, 0.5) is 5.69 Å². The monoisotopic (exact) mass is 543 g/mol. The molecule has 0 unspecified atom stereocenters. The summed E-state index contributed by atoms with van der Waals surface area (Å²) in [4.78, 5) is 27.4. The van der Waals surface area contributed by atoms with Gasteiger partial charge in [-0.2, -0.15) is 0 Å². The van der Waals surface area contributed by atoms with E-state index >= 15 is 0 Å². The molecular weight excluding hydrogens is 517 g/mol. The molecule has 0 saturated heterocycles. The van der Waals surface area contributed by atoms with E-state index in [4.69, 9.17) is 32.7 Å². The minimum atomic E-state index is -3.88. The van der Waals surface area contributed by atoms with Crippen LogP contribution in [0.15, 0.2) is 36.4 Å². The van der Waals surface area contributed by atoms with E-state index in [-0.39, 0.29) is 12.2 Å². The summed E-state index contributed by atoms with van der Waals surface area (Å²) >= 11 is 12.6. The van der Waals surface area contributed by atoms with Gasteiger partial charge in [0.05, 0.1) is 11.9 Å². The number of hydrogen-bond donors (Lipinski definition) is 1. The van der Waals surface area contributed by atoms with E-state index in [2.05, 4.69) is 5.32 Å². The number of hydrogen-bond acceptors (Lipinski definition) is 6. The summed E-state index contributed by atoms with van der Waals surface area (Å²) < 4.78 is 37.4. The Morgan fingerprint density at radius 1 is 1.09 bits per heavy atom. The Balaban J connectivity index is 1.96. The van der Waals surface area contributed by atoms with Gasteiger partial charge in [0, 0.05) is 34.8 Å². The first kappa shape index (κ1) is 26.9. The fourth-order valence-electron chi connectivity index (χ4n) is 3.56. The van der Waals surface area contributed by atoms with Gasteiger partial charge < -0.3 is 19.7 Å². The number of nitrogens with zero attached hydrogens (tertiary/aromatic N) is 2. The van der Waals surface area contributed by atoms with Gasteiger partial charge >= 0.3 is 0 Å². The number of ether oxygens (including phenoxy) is 2. The number of sulfonamides is 1. The van der Waals surface area contributed by atoms with Gasteiger partial charge in [-0.1, -0.05) is 29.3 Å². The normalized spacial score (nSPS) is 13.6. The van der Waals surface area contributed by atoms with Crippen LogP contribution >= 0.6 is 23.2 Å². The first-order valence-corrected chi connectivity index (χ1v) is 13.5. The molecule has 1 aliphatic rings. The lowest BCUT2D eigenvalue weighted by Gasteiger charge is -2.32. The topological polar surface area (TPSA) is 105 Å². The largest absolute Gasteiger partial charge is 0.486 e. The van der Waals surface area contributed by atoms with Crippen molar-refractivity contribution in [3.05, 3.63) is 52.0 Å². The average Bonchev–Trinajstić information content (AvgIpc) is 2.81. The molecule has 2 amide bonds. The maximum atomic E-state index is 13.5. The number of carbonyl (C=O) groups is 2. The average molecular weight is 544 g/mol. The minimum absolute atomic E-state index is 0.0889. The molecule has 1 heterocycles. The summed E-state index contributed by atoms with van der Waals surface area (Å²) in [6.45, 7) is 3.75. The van der Waals surface area contributed by atoms with E-state index in [9.17, 15) is 18.0 Å². The van der Waals surface area contributed by atoms with Gasteiger partial charge in [-0.3, -0.25) is 13.9 Å². The van der Waals surface area contributed by atoms with Crippen LogP contribution < -0.4 is 19.1 Å². The molecule has 1 atom stereocenters. The highest BCUT2D eigenvalue weighted by atomic mass is 35.5. The van der Waals surface area contributed by atoms with Crippen molar-refractivity contribution in [1.29, 1.82) is 0 Å². The number of benzene rings is 2. The smallest absolute Gasteiger partial charge is 0.244 e. The summed E-state index contributed by atoms with van der Waals surface area (Å²) in [5.74, 6) is -0.140. The van der Waals surface area contributed by atoms with Crippen molar-refractivity contribution in [2.75, 3.05) is 36.9 Å².